The van der Waals surface area contributed by atoms with E-state index in [4.69, 9.17) is 4.74 Å². The van der Waals surface area contributed by atoms with Crippen LogP contribution in [0.25, 0.3) is 0 Å². The molecule has 0 radical (unpaired) electrons. The van der Waals surface area contributed by atoms with Crippen LogP contribution in [-0.4, -0.2) is 36.5 Å². The first-order chi connectivity index (χ1) is 7.56. The number of amides is 1. The van der Waals surface area contributed by atoms with Gasteiger partial charge in [0.25, 0.3) is 0 Å². The van der Waals surface area contributed by atoms with Crippen LogP contribution in [0.3, 0.4) is 0 Å². The molecule has 0 aliphatic carbocycles. The number of rotatable bonds is 2. The predicted octanol–water partition coefficient (Wildman–Crippen LogP) is 1.44. The van der Waals surface area contributed by atoms with Crippen molar-refractivity contribution in [3.05, 3.63) is 0 Å². The van der Waals surface area contributed by atoms with Crippen molar-refractivity contribution >= 4 is 11.9 Å². The highest BCUT2D eigenvalue weighted by atomic mass is 16.5. The number of esters is 1. The summed E-state index contributed by atoms with van der Waals surface area (Å²) in [5.74, 6) is 0.126. The van der Waals surface area contributed by atoms with Crippen molar-refractivity contribution < 1.29 is 14.3 Å². The maximum absolute atomic E-state index is 11.6. The molecule has 4 nitrogen and oxygen atoms in total. The Hall–Kier alpha value is -1.06. The van der Waals surface area contributed by atoms with Gasteiger partial charge in [0.15, 0.2) is 0 Å². The molecule has 1 aliphatic rings. The van der Waals surface area contributed by atoms with Crippen LogP contribution in [-0.2, 0) is 14.3 Å². The van der Waals surface area contributed by atoms with Gasteiger partial charge < -0.3 is 9.64 Å². The van der Waals surface area contributed by atoms with Crippen molar-refractivity contribution in [3.8, 4) is 0 Å². The van der Waals surface area contributed by atoms with Gasteiger partial charge in [0, 0.05) is 13.1 Å². The summed E-state index contributed by atoms with van der Waals surface area (Å²) in [5, 5.41) is 0. The Bertz CT molecular complexity index is 255. The van der Waals surface area contributed by atoms with E-state index in [1.54, 1.807) is 11.8 Å². The van der Waals surface area contributed by atoms with Gasteiger partial charge in [-0.25, -0.2) is 4.79 Å². The van der Waals surface area contributed by atoms with E-state index >= 15 is 0 Å². The number of hydrogen-bond donors (Lipinski definition) is 0. The largest absolute Gasteiger partial charge is 0.459 e. The number of carbonyl (C=O) groups is 2. The van der Waals surface area contributed by atoms with Crippen molar-refractivity contribution in [2.24, 2.45) is 11.8 Å². The van der Waals surface area contributed by atoms with Crippen molar-refractivity contribution in [2.45, 2.75) is 33.6 Å². The molecule has 0 aromatic carbocycles. The first kappa shape index (κ1) is 13.0. The number of likely N-dealkylation sites (tertiary alicyclic amines) is 1. The molecule has 0 saturated carbocycles. The van der Waals surface area contributed by atoms with Crippen LogP contribution in [0.1, 0.15) is 33.6 Å². The van der Waals surface area contributed by atoms with Gasteiger partial charge in [-0.05, 0) is 31.6 Å². The van der Waals surface area contributed by atoms with E-state index in [2.05, 4.69) is 13.8 Å². The SMILES string of the molecule is CCOC(=O)C(=O)N1CCC(C(C)C)CC1. The number of ether oxygens (including phenoxy) is 1. The third kappa shape index (κ3) is 3.22. The molecular weight excluding hydrogens is 206 g/mol. The second-order valence-electron chi connectivity index (χ2n) is 4.59. The first-order valence-corrected chi connectivity index (χ1v) is 6.02. The summed E-state index contributed by atoms with van der Waals surface area (Å²) in [6, 6.07) is 0. The molecule has 4 heteroatoms. The van der Waals surface area contributed by atoms with Crippen molar-refractivity contribution in [2.75, 3.05) is 19.7 Å². The molecule has 0 atom stereocenters. The van der Waals surface area contributed by atoms with Crippen LogP contribution in [0.5, 0.6) is 0 Å². The van der Waals surface area contributed by atoms with E-state index in [-0.39, 0.29) is 6.61 Å². The molecule has 1 aliphatic heterocycles. The summed E-state index contributed by atoms with van der Waals surface area (Å²) in [6.07, 6.45) is 1.98. The molecule has 0 spiro atoms. The van der Waals surface area contributed by atoms with Gasteiger partial charge in [-0.1, -0.05) is 13.8 Å². The molecule has 0 bridgehead atoms. The monoisotopic (exact) mass is 227 g/mol. The van der Waals surface area contributed by atoms with Crippen LogP contribution < -0.4 is 0 Å². The van der Waals surface area contributed by atoms with E-state index in [1.165, 1.54) is 0 Å². The van der Waals surface area contributed by atoms with Gasteiger partial charge in [0.05, 0.1) is 6.61 Å². The van der Waals surface area contributed by atoms with Crippen molar-refractivity contribution in [1.82, 2.24) is 4.90 Å². The number of hydrogen-bond acceptors (Lipinski definition) is 3. The fraction of sp³-hybridized carbons (Fsp3) is 0.833. The quantitative estimate of drug-likeness (QED) is 0.530. The zero-order chi connectivity index (χ0) is 12.1. The summed E-state index contributed by atoms with van der Waals surface area (Å²) in [5.41, 5.74) is 0. The van der Waals surface area contributed by atoms with Gasteiger partial charge in [0.2, 0.25) is 0 Å². The lowest BCUT2D eigenvalue weighted by Gasteiger charge is -2.33. The lowest BCUT2D eigenvalue weighted by molar-refractivity contribution is -0.160. The number of piperidine rings is 1. The lowest BCUT2D eigenvalue weighted by Crippen LogP contribution is -2.43. The number of carbonyl (C=O) groups excluding carboxylic acids is 2. The minimum absolute atomic E-state index is 0.257. The van der Waals surface area contributed by atoms with Gasteiger partial charge in [0.1, 0.15) is 0 Å². The van der Waals surface area contributed by atoms with E-state index in [1.807, 2.05) is 0 Å². The highest BCUT2D eigenvalue weighted by Crippen LogP contribution is 2.24. The molecule has 1 saturated heterocycles. The summed E-state index contributed by atoms with van der Waals surface area (Å²) >= 11 is 0. The Balaban J connectivity index is 2.41. The van der Waals surface area contributed by atoms with Crippen LogP contribution in [0.15, 0.2) is 0 Å². The average Bonchev–Trinajstić information content (AvgIpc) is 2.28. The molecular formula is C12H21NO3. The summed E-state index contributed by atoms with van der Waals surface area (Å²) in [4.78, 5) is 24.5. The molecule has 0 unspecified atom stereocenters. The zero-order valence-corrected chi connectivity index (χ0v) is 10.4. The third-order valence-electron chi connectivity index (χ3n) is 3.22. The first-order valence-electron chi connectivity index (χ1n) is 6.02. The molecule has 0 N–H and O–H groups in total. The van der Waals surface area contributed by atoms with Gasteiger partial charge in [-0.2, -0.15) is 0 Å². The molecule has 1 heterocycles. The van der Waals surface area contributed by atoms with Crippen LogP contribution in [0.4, 0.5) is 0 Å². The molecule has 1 amide bonds. The minimum atomic E-state index is -0.717. The Morgan fingerprint density at radius 3 is 2.31 bits per heavy atom. The highest BCUT2D eigenvalue weighted by Gasteiger charge is 2.28. The fourth-order valence-electron chi connectivity index (χ4n) is 2.09. The minimum Gasteiger partial charge on any atom is -0.459 e. The molecule has 1 fully saturated rings. The van der Waals surface area contributed by atoms with E-state index in [0.29, 0.717) is 24.9 Å². The van der Waals surface area contributed by atoms with Gasteiger partial charge in [-0.3, -0.25) is 4.79 Å². The topological polar surface area (TPSA) is 46.6 Å². The van der Waals surface area contributed by atoms with Crippen molar-refractivity contribution in [3.63, 3.8) is 0 Å². The Labute approximate surface area is 96.9 Å². The second-order valence-corrected chi connectivity index (χ2v) is 4.59. The fourth-order valence-corrected chi connectivity index (χ4v) is 2.09. The second kappa shape index (κ2) is 5.87. The molecule has 0 aromatic heterocycles. The normalized spacial score (nSPS) is 17.6. The van der Waals surface area contributed by atoms with E-state index < -0.39 is 11.9 Å². The van der Waals surface area contributed by atoms with Crippen molar-refractivity contribution in [1.29, 1.82) is 0 Å². The van der Waals surface area contributed by atoms with Crippen LogP contribution in [0, 0.1) is 11.8 Å². The van der Waals surface area contributed by atoms with Gasteiger partial charge >= 0.3 is 11.9 Å². The standard InChI is InChI=1S/C12H21NO3/c1-4-16-12(15)11(14)13-7-5-10(6-8-13)9(2)3/h9-10H,4-8H2,1-3H3. The Morgan fingerprint density at radius 2 is 1.88 bits per heavy atom. The highest BCUT2D eigenvalue weighted by molar-refractivity contribution is 6.32. The van der Waals surface area contributed by atoms with Crippen LogP contribution in [0.2, 0.25) is 0 Å². The lowest BCUT2D eigenvalue weighted by atomic mass is 9.87. The zero-order valence-electron chi connectivity index (χ0n) is 10.4. The Morgan fingerprint density at radius 1 is 1.31 bits per heavy atom. The number of nitrogens with zero attached hydrogens (tertiary/aromatic N) is 1. The van der Waals surface area contributed by atoms with E-state index in [0.717, 1.165) is 12.8 Å². The van der Waals surface area contributed by atoms with E-state index in [9.17, 15) is 9.59 Å². The van der Waals surface area contributed by atoms with Crippen LogP contribution >= 0.6 is 0 Å². The predicted molar refractivity (Wildman–Crippen MR) is 60.8 cm³/mol. The summed E-state index contributed by atoms with van der Waals surface area (Å²) in [7, 11) is 0. The maximum Gasteiger partial charge on any atom is 0.397 e. The van der Waals surface area contributed by atoms with Gasteiger partial charge in [-0.15, -0.1) is 0 Å². The Kier molecular flexibility index (Phi) is 4.77. The summed E-state index contributed by atoms with van der Waals surface area (Å²) < 4.78 is 4.70. The maximum atomic E-state index is 11.6. The molecule has 1 rings (SSSR count). The average molecular weight is 227 g/mol. The summed E-state index contributed by atoms with van der Waals surface area (Å²) in [6.45, 7) is 7.73. The molecule has 16 heavy (non-hydrogen) atoms. The molecule has 0 aromatic rings. The smallest absolute Gasteiger partial charge is 0.397 e. The molecule has 92 valence electrons. The third-order valence-corrected chi connectivity index (χ3v) is 3.22.